The number of hydrogen-bond donors (Lipinski definition) is 0. The Balaban J connectivity index is 1.97. The molecule has 4 nitrogen and oxygen atoms in total. The number of carbonyl (C=O) groups excluding carboxylic acids is 1. The molecule has 0 aliphatic carbocycles. The van der Waals surface area contributed by atoms with Gasteiger partial charge in [-0.15, -0.1) is 0 Å². The molecule has 2 rings (SSSR count). The van der Waals surface area contributed by atoms with Crippen molar-refractivity contribution in [3.8, 4) is 0 Å². The van der Waals surface area contributed by atoms with Gasteiger partial charge in [-0.3, -0.25) is 4.90 Å². The van der Waals surface area contributed by atoms with E-state index in [2.05, 4.69) is 55.8 Å². The zero-order chi connectivity index (χ0) is 17.2. The molecule has 1 aromatic carbocycles. The molecule has 1 aromatic rings. The van der Waals surface area contributed by atoms with Crippen molar-refractivity contribution in [2.24, 2.45) is 0 Å². The molecule has 1 aliphatic rings. The van der Waals surface area contributed by atoms with Crippen LogP contribution in [0.25, 0.3) is 0 Å². The van der Waals surface area contributed by atoms with Gasteiger partial charge in [-0.2, -0.15) is 0 Å². The Morgan fingerprint density at radius 2 is 1.87 bits per heavy atom. The molecule has 0 aromatic heterocycles. The Bertz CT molecular complexity index is 552. The fourth-order valence-corrected chi connectivity index (χ4v) is 3.92. The normalized spacial score (nSPS) is 19.7. The third kappa shape index (κ3) is 5.19. The van der Waals surface area contributed by atoms with Gasteiger partial charge in [0, 0.05) is 41.2 Å². The molecule has 6 heteroatoms. The molecule has 23 heavy (non-hydrogen) atoms. The smallest absolute Gasteiger partial charge is 0.410 e. The monoisotopic (exact) mass is 446 g/mol. The zero-order valence-electron chi connectivity index (χ0n) is 14.1. The number of piperazine rings is 1. The molecule has 1 fully saturated rings. The van der Waals surface area contributed by atoms with Gasteiger partial charge in [0.25, 0.3) is 0 Å². The first-order chi connectivity index (χ1) is 10.7. The molecule has 0 spiro atoms. The van der Waals surface area contributed by atoms with Crippen molar-refractivity contribution in [3.63, 3.8) is 0 Å². The van der Waals surface area contributed by atoms with Gasteiger partial charge in [-0.05, 0) is 45.4 Å². The number of benzene rings is 1. The fraction of sp³-hybridized carbons (Fsp3) is 0.588. The van der Waals surface area contributed by atoms with Gasteiger partial charge < -0.3 is 9.64 Å². The summed E-state index contributed by atoms with van der Waals surface area (Å²) in [6.45, 7) is 11.0. The van der Waals surface area contributed by atoms with Crippen LogP contribution >= 0.6 is 31.9 Å². The van der Waals surface area contributed by atoms with Gasteiger partial charge in [0.15, 0.2) is 0 Å². The number of ether oxygens (including phenoxy) is 1. The first kappa shape index (κ1) is 18.7. The molecular weight excluding hydrogens is 424 g/mol. The molecule has 1 amide bonds. The summed E-state index contributed by atoms with van der Waals surface area (Å²) in [7, 11) is 0. The summed E-state index contributed by atoms with van der Waals surface area (Å²) in [5, 5.41) is 0. The van der Waals surface area contributed by atoms with E-state index in [0.29, 0.717) is 6.54 Å². The van der Waals surface area contributed by atoms with Gasteiger partial charge >= 0.3 is 6.09 Å². The molecule has 1 unspecified atom stereocenters. The standard InChI is InChI=1S/C17H24Br2N2O2/c1-12-10-20(11-13-14(18)6-5-7-15(13)19)8-9-21(12)16(22)23-17(2,3)4/h5-7,12H,8-11H2,1-4H3. The number of halogens is 2. The van der Waals surface area contributed by atoms with E-state index < -0.39 is 5.60 Å². The Labute approximate surface area is 155 Å². The first-order valence-electron chi connectivity index (χ1n) is 7.82. The highest BCUT2D eigenvalue weighted by Gasteiger charge is 2.31. The maximum absolute atomic E-state index is 12.3. The van der Waals surface area contributed by atoms with E-state index in [1.165, 1.54) is 5.56 Å². The van der Waals surface area contributed by atoms with Crippen molar-refractivity contribution in [2.75, 3.05) is 19.6 Å². The lowest BCUT2D eigenvalue weighted by molar-refractivity contribution is 0.000518. The highest BCUT2D eigenvalue weighted by molar-refractivity contribution is 9.11. The Morgan fingerprint density at radius 3 is 2.39 bits per heavy atom. The number of carbonyl (C=O) groups is 1. The van der Waals surface area contributed by atoms with E-state index in [9.17, 15) is 4.79 Å². The Morgan fingerprint density at radius 1 is 1.26 bits per heavy atom. The molecule has 1 atom stereocenters. The molecule has 1 aliphatic heterocycles. The van der Waals surface area contributed by atoms with Crippen molar-refractivity contribution in [1.29, 1.82) is 0 Å². The lowest BCUT2D eigenvalue weighted by atomic mass is 10.1. The van der Waals surface area contributed by atoms with Crippen LogP contribution in [0.2, 0.25) is 0 Å². The number of nitrogens with zero attached hydrogens (tertiary/aromatic N) is 2. The van der Waals surface area contributed by atoms with Gasteiger partial charge in [0.05, 0.1) is 0 Å². The number of hydrogen-bond acceptors (Lipinski definition) is 3. The predicted octanol–water partition coefficient (Wildman–Crippen LogP) is 4.65. The van der Waals surface area contributed by atoms with Crippen molar-refractivity contribution < 1.29 is 9.53 Å². The largest absolute Gasteiger partial charge is 0.444 e. The lowest BCUT2D eigenvalue weighted by Crippen LogP contribution is -2.54. The summed E-state index contributed by atoms with van der Waals surface area (Å²) in [5.41, 5.74) is 0.790. The summed E-state index contributed by atoms with van der Waals surface area (Å²) in [6, 6.07) is 6.27. The summed E-state index contributed by atoms with van der Waals surface area (Å²) in [5.74, 6) is 0. The van der Waals surface area contributed by atoms with Crippen LogP contribution in [0, 0.1) is 0 Å². The average Bonchev–Trinajstić information content (AvgIpc) is 2.41. The van der Waals surface area contributed by atoms with E-state index in [4.69, 9.17) is 4.74 Å². The first-order valence-corrected chi connectivity index (χ1v) is 9.41. The molecule has 0 saturated carbocycles. The van der Waals surface area contributed by atoms with Crippen molar-refractivity contribution in [2.45, 2.75) is 45.9 Å². The van der Waals surface area contributed by atoms with Gasteiger partial charge in [-0.25, -0.2) is 4.79 Å². The second kappa shape index (κ2) is 7.53. The van der Waals surface area contributed by atoms with E-state index in [0.717, 1.165) is 28.6 Å². The van der Waals surface area contributed by atoms with Crippen LogP contribution in [0.3, 0.4) is 0 Å². The van der Waals surface area contributed by atoms with Crippen LogP contribution < -0.4 is 0 Å². The van der Waals surface area contributed by atoms with Crippen LogP contribution in [0.1, 0.15) is 33.3 Å². The van der Waals surface area contributed by atoms with Crippen LogP contribution in [0.4, 0.5) is 4.79 Å². The summed E-state index contributed by atoms with van der Waals surface area (Å²) in [4.78, 5) is 16.5. The molecule has 1 saturated heterocycles. The average molecular weight is 448 g/mol. The molecule has 1 heterocycles. The fourth-order valence-electron chi connectivity index (χ4n) is 2.68. The maximum Gasteiger partial charge on any atom is 0.410 e. The van der Waals surface area contributed by atoms with Crippen molar-refractivity contribution in [3.05, 3.63) is 32.7 Å². The predicted molar refractivity (Wildman–Crippen MR) is 99.5 cm³/mol. The minimum absolute atomic E-state index is 0.139. The molecule has 0 radical (unpaired) electrons. The van der Waals surface area contributed by atoms with Crippen LogP contribution in [-0.2, 0) is 11.3 Å². The molecule has 128 valence electrons. The quantitative estimate of drug-likeness (QED) is 0.661. The van der Waals surface area contributed by atoms with E-state index in [-0.39, 0.29) is 12.1 Å². The number of amides is 1. The maximum atomic E-state index is 12.3. The summed E-state index contributed by atoms with van der Waals surface area (Å²) in [6.07, 6.45) is -0.216. The summed E-state index contributed by atoms with van der Waals surface area (Å²) >= 11 is 7.23. The topological polar surface area (TPSA) is 32.8 Å². The zero-order valence-corrected chi connectivity index (χ0v) is 17.3. The van der Waals surface area contributed by atoms with Crippen molar-refractivity contribution in [1.82, 2.24) is 9.80 Å². The minimum atomic E-state index is -0.451. The minimum Gasteiger partial charge on any atom is -0.444 e. The van der Waals surface area contributed by atoms with Gasteiger partial charge in [-0.1, -0.05) is 37.9 Å². The van der Waals surface area contributed by atoms with E-state index >= 15 is 0 Å². The molecule has 0 N–H and O–H groups in total. The van der Waals surface area contributed by atoms with Gasteiger partial charge in [0.2, 0.25) is 0 Å². The van der Waals surface area contributed by atoms with E-state index in [1.54, 1.807) is 0 Å². The third-order valence-corrected chi connectivity index (χ3v) is 5.27. The van der Waals surface area contributed by atoms with Crippen LogP contribution in [-0.4, -0.2) is 47.2 Å². The Hall–Kier alpha value is -0.590. The molecule has 0 bridgehead atoms. The molecular formula is C17H24Br2N2O2. The summed E-state index contributed by atoms with van der Waals surface area (Å²) < 4.78 is 7.70. The second-order valence-corrected chi connectivity index (χ2v) is 8.67. The lowest BCUT2D eigenvalue weighted by Gasteiger charge is -2.40. The third-order valence-electron chi connectivity index (χ3n) is 3.78. The Kier molecular flexibility index (Phi) is 6.14. The highest BCUT2D eigenvalue weighted by atomic mass is 79.9. The van der Waals surface area contributed by atoms with Gasteiger partial charge in [0.1, 0.15) is 5.60 Å². The van der Waals surface area contributed by atoms with E-state index in [1.807, 2.05) is 31.7 Å². The number of rotatable bonds is 2. The van der Waals surface area contributed by atoms with Crippen LogP contribution in [0.5, 0.6) is 0 Å². The second-order valence-electron chi connectivity index (χ2n) is 6.96. The highest BCUT2D eigenvalue weighted by Crippen LogP contribution is 2.27. The van der Waals surface area contributed by atoms with Crippen LogP contribution in [0.15, 0.2) is 27.1 Å². The van der Waals surface area contributed by atoms with Crippen molar-refractivity contribution >= 4 is 38.0 Å². The SMILES string of the molecule is CC1CN(Cc2c(Br)cccc2Br)CCN1C(=O)OC(C)(C)C.